The summed E-state index contributed by atoms with van der Waals surface area (Å²) in [5.74, 6) is 1.48. The van der Waals surface area contributed by atoms with Crippen molar-refractivity contribution in [2.75, 3.05) is 43.4 Å². The zero-order valence-electron chi connectivity index (χ0n) is 23.4. The van der Waals surface area contributed by atoms with Gasteiger partial charge in [0.05, 0.1) is 12.0 Å². The van der Waals surface area contributed by atoms with Gasteiger partial charge in [0.1, 0.15) is 18.3 Å². The van der Waals surface area contributed by atoms with E-state index in [1.807, 2.05) is 6.92 Å². The molecular weight excluding hydrogens is 500 g/mol. The molecule has 0 spiro atoms. The molecular formula is C27H42N8O4. The first-order valence-corrected chi connectivity index (χ1v) is 14.2. The minimum Gasteiger partial charge on any atom is -0.387 e. The minimum atomic E-state index is -1.22. The van der Waals surface area contributed by atoms with Gasteiger partial charge in [-0.1, -0.05) is 39.3 Å². The molecule has 5 rings (SSSR count). The number of aryl methyl sites for hydroxylation is 1. The third-order valence-electron chi connectivity index (χ3n) is 7.48. The Hall–Kier alpha value is -2.80. The number of fused-ring (bicyclic) bond motifs is 1. The fourth-order valence-corrected chi connectivity index (χ4v) is 5.12. The molecule has 12 nitrogen and oxygen atoms in total. The molecule has 0 bridgehead atoms. The molecule has 0 unspecified atom stereocenters. The number of hydrogen-bond donors (Lipinski definition) is 4. The molecule has 5 heterocycles. The van der Waals surface area contributed by atoms with E-state index in [4.69, 9.17) is 19.2 Å². The first kappa shape index (κ1) is 27.8. The van der Waals surface area contributed by atoms with Crippen LogP contribution in [0.3, 0.4) is 0 Å². The molecule has 0 amide bonds. The highest BCUT2D eigenvalue weighted by Gasteiger charge is 2.47. The lowest BCUT2D eigenvalue weighted by molar-refractivity contribution is -0.0434. The van der Waals surface area contributed by atoms with Gasteiger partial charge in [-0.05, 0) is 44.2 Å². The summed E-state index contributed by atoms with van der Waals surface area (Å²) in [6, 6.07) is 1.75. The van der Waals surface area contributed by atoms with Crippen molar-refractivity contribution in [1.29, 1.82) is 0 Å². The Labute approximate surface area is 229 Å². The third-order valence-corrected chi connectivity index (χ3v) is 7.48. The number of piperidine rings is 1. The molecule has 4 atom stereocenters. The highest BCUT2D eigenvalue weighted by atomic mass is 16.6. The molecule has 3 aromatic heterocycles. The SMILES string of the molecule is CCc1cc([C@H]2O[C@@H](n3cnc4c(NCCC(C)(C)C)nc(NCCN5CCCCC5)nc43)[C@H](O)[C@@H]2O)on1. The van der Waals surface area contributed by atoms with E-state index in [0.29, 0.717) is 35.1 Å². The topological polar surface area (TPSA) is 147 Å². The van der Waals surface area contributed by atoms with Gasteiger partial charge in [0.15, 0.2) is 29.0 Å². The van der Waals surface area contributed by atoms with Gasteiger partial charge in [-0.25, -0.2) is 4.98 Å². The zero-order valence-corrected chi connectivity index (χ0v) is 23.4. The number of ether oxygens (including phenoxy) is 1. The van der Waals surface area contributed by atoms with Crippen molar-refractivity contribution in [3.05, 3.63) is 23.8 Å². The van der Waals surface area contributed by atoms with E-state index in [-0.39, 0.29) is 5.41 Å². The fraction of sp³-hybridized carbons (Fsp3) is 0.704. The minimum absolute atomic E-state index is 0.166. The van der Waals surface area contributed by atoms with Gasteiger partial charge in [0.25, 0.3) is 0 Å². The molecule has 214 valence electrons. The number of nitrogens with zero attached hydrogens (tertiary/aromatic N) is 6. The molecule has 2 aliphatic rings. The van der Waals surface area contributed by atoms with Crippen LogP contribution in [0.25, 0.3) is 11.2 Å². The zero-order chi connectivity index (χ0) is 27.6. The quantitative estimate of drug-likeness (QED) is 0.300. The summed E-state index contributed by atoms with van der Waals surface area (Å²) in [5, 5.41) is 32.6. The molecule has 2 aliphatic heterocycles. The van der Waals surface area contributed by atoms with Crippen molar-refractivity contribution < 1.29 is 19.5 Å². The standard InChI is InChI=1S/C27H42N8O4/c1-5-17-15-18(39-33-17)22-20(36)21(37)25(38-22)35-16-30-19-23(28-10-9-27(2,3)4)31-26(32-24(19)35)29-11-14-34-12-7-6-8-13-34/h15-16,20-22,25,36-37H,5-14H2,1-4H3,(H2,28,29,31,32)/t20-,21+,22+,25+/m0/s1. The van der Waals surface area contributed by atoms with Gasteiger partial charge >= 0.3 is 0 Å². The number of aliphatic hydroxyl groups excluding tert-OH is 2. The van der Waals surface area contributed by atoms with Crippen LogP contribution >= 0.6 is 0 Å². The Balaban J connectivity index is 1.40. The summed E-state index contributed by atoms with van der Waals surface area (Å²) in [6.07, 6.45) is 2.83. The van der Waals surface area contributed by atoms with E-state index in [2.05, 4.69) is 46.4 Å². The maximum atomic E-state index is 11.0. The van der Waals surface area contributed by atoms with Gasteiger partial charge in [-0.3, -0.25) is 4.57 Å². The summed E-state index contributed by atoms with van der Waals surface area (Å²) >= 11 is 0. The van der Waals surface area contributed by atoms with Crippen LogP contribution in [0.2, 0.25) is 0 Å². The Morgan fingerprint density at radius 3 is 2.56 bits per heavy atom. The molecule has 0 saturated carbocycles. The fourth-order valence-electron chi connectivity index (χ4n) is 5.12. The highest BCUT2D eigenvalue weighted by molar-refractivity contribution is 5.84. The van der Waals surface area contributed by atoms with Crippen molar-refractivity contribution in [2.24, 2.45) is 5.41 Å². The van der Waals surface area contributed by atoms with Crippen molar-refractivity contribution in [3.8, 4) is 0 Å². The van der Waals surface area contributed by atoms with Gasteiger partial charge < -0.3 is 35.0 Å². The second kappa shape index (κ2) is 11.7. The maximum Gasteiger partial charge on any atom is 0.226 e. The number of rotatable bonds is 10. The number of nitrogens with one attached hydrogen (secondary N) is 2. The summed E-state index contributed by atoms with van der Waals surface area (Å²) in [7, 11) is 0. The number of likely N-dealkylation sites (tertiary alicyclic amines) is 1. The van der Waals surface area contributed by atoms with Crippen LogP contribution in [0.5, 0.6) is 0 Å². The van der Waals surface area contributed by atoms with Gasteiger partial charge in [0.2, 0.25) is 5.95 Å². The average molecular weight is 543 g/mol. The largest absolute Gasteiger partial charge is 0.387 e. The van der Waals surface area contributed by atoms with Crippen LogP contribution in [0.15, 0.2) is 16.9 Å². The van der Waals surface area contributed by atoms with Crippen LogP contribution in [0.1, 0.15) is 77.2 Å². The van der Waals surface area contributed by atoms with Gasteiger partial charge in [-0.2, -0.15) is 9.97 Å². The van der Waals surface area contributed by atoms with Crippen LogP contribution < -0.4 is 10.6 Å². The maximum absolute atomic E-state index is 11.0. The summed E-state index contributed by atoms with van der Waals surface area (Å²) in [4.78, 5) is 16.6. The Kier molecular flexibility index (Phi) is 8.36. The third kappa shape index (κ3) is 6.34. The van der Waals surface area contributed by atoms with E-state index < -0.39 is 24.5 Å². The predicted octanol–water partition coefficient (Wildman–Crippen LogP) is 3.11. The second-order valence-electron chi connectivity index (χ2n) is 11.8. The number of hydrogen-bond acceptors (Lipinski definition) is 11. The number of anilines is 2. The van der Waals surface area contributed by atoms with E-state index in [1.165, 1.54) is 19.3 Å². The van der Waals surface area contributed by atoms with Gasteiger partial charge in [-0.15, -0.1) is 0 Å². The van der Waals surface area contributed by atoms with Crippen molar-refractivity contribution >= 4 is 22.9 Å². The highest BCUT2D eigenvalue weighted by Crippen LogP contribution is 2.40. The molecule has 39 heavy (non-hydrogen) atoms. The van der Waals surface area contributed by atoms with E-state index >= 15 is 0 Å². The molecule has 4 N–H and O–H groups in total. The monoisotopic (exact) mass is 542 g/mol. The lowest BCUT2D eigenvalue weighted by Crippen LogP contribution is -2.34. The molecule has 12 heteroatoms. The summed E-state index contributed by atoms with van der Waals surface area (Å²) in [5.41, 5.74) is 2.00. The Bertz CT molecular complexity index is 1230. The predicted molar refractivity (Wildman–Crippen MR) is 147 cm³/mol. The Morgan fingerprint density at radius 1 is 1.05 bits per heavy atom. The first-order valence-electron chi connectivity index (χ1n) is 14.2. The molecule has 2 fully saturated rings. The van der Waals surface area contributed by atoms with Crippen LogP contribution in [-0.2, 0) is 11.2 Å². The normalized spacial score (nSPS) is 24.5. The summed E-state index contributed by atoms with van der Waals surface area (Å²) < 4.78 is 13.2. The second-order valence-corrected chi connectivity index (χ2v) is 11.8. The van der Waals surface area contributed by atoms with Crippen LogP contribution in [0, 0.1) is 5.41 Å². The van der Waals surface area contributed by atoms with Crippen LogP contribution in [-0.4, -0.2) is 84.7 Å². The number of imidazole rings is 1. The molecule has 0 aliphatic carbocycles. The van der Waals surface area contributed by atoms with E-state index in [1.54, 1.807) is 17.0 Å². The van der Waals surface area contributed by atoms with Crippen molar-refractivity contribution in [2.45, 2.75) is 84.3 Å². The molecule has 2 saturated heterocycles. The van der Waals surface area contributed by atoms with Crippen molar-refractivity contribution in [1.82, 2.24) is 29.6 Å². The van der Waals surface area contributed by atoms with Crippen molar-refractivity contribution in [3.63, 3.8) is 0 Å². The Morgan fingerprint density at radius 2 is 1.85 bits per heavy atom. The molecule has 0 aromatic carbocycles. The number of aliphatic hydroxyl groups is 2. The smallest absolute Gasteiger partial charge is 0.226 e. The van der Waals surface area contributed by atoms with Crippen LogP contribution in [0.4, 0.5) is 11.8 Å². The van der Waals surface area contributed by atoms with E-state index in [9.17, 15) is 10.2 Å². The average Bonchev–Trinajstić information content (AvgIpc) is 3.62. The summed E-state index contributed by atoms with van der Waals surface area (Å²) in [6.45, 7) is 13.2. The first-order chi connectivity index (χ1) is 18.7. The van der Waals surface area contributed by atoms with Gasteiger partial charge in [0, 0.05) is 25.7 Å². The molecule has 3 aromatic rings. The lowest BCUT2D eigenvalue weighted by atomic mass is 9.92. The van der Waals surface area contributed by atoms with E-state index in [0.717, 1.165) is 44.8 Å². The lowest BCUT2D eigenvalue weighted by Gasteiger charge is -2.26. The number of aromatic nitrogens is 5. The molecule has 0 radical (unpaired) electrons.